The lowest BCUT2D eigenvalue weighted by molar-refractivity contribution is -0.390. The zero-order valence-electron chi connectivity index (χ0n) is 9.09. The summed E-state index contributed by atoms with van der Waals surface area (Å²) in [7, 11) is 0.899. The molecule has 0 bridgehead atoms. The number of halogens is 3. The monoisotopic (exact) mass is 282 g/mol. The minimum Gasteiger partial charge on any atom is -0.477 e. The average Bonchev–Trinajstić information content (AvgIpc) is 2.25. The van der Waals surface area contributed by atoms with E-state index in [2.05, 4.69) is 14.5 Å². The van der Waals surface area contributed by atoms with Gasteiger partial charge in [-0.2, -0.15) is 0 Å². The van der Waals surface area contributed by atoms with Gasteiger partial charge in [-0.05, 0) is 4.92 Å². The number of aromatic carboxylic acids is 1. The number of hydrogen-bond acceptors (Lipinski definition) is 6. The van der Waals surface area contributed by atoms with Crippen LogP contribution >= 0.6 is 0 Å². The highest BCUT2D eigenvalue weighted by Gasteiger charge is 2.36. The van der Waals surface area contributed by atoms with Crippen molar-refractivity contribution in [3.05, 3.63) is 21.7 Å². The first kappa shape index (κ1) is 14.5. The summed E-state index contributed by atoms with van der Waals surface area (Å²) in [6.07, 6.45) is -5.12. The lowest BCUT2D eigenvalue weighted by atomic mass is 10.2. The van der Waals surface area contributed by atoms with Crippen LogP contribution in [-0.2, 0) is 0 Å². The summed E-state index contributed by atoms with van der Waals surface area (Å²) in [5.41, 5.74) is -1.05. The third-order valence-corrected chi connectivity index (χ3v) is 1.76. The van der Waals surface area contributed by atoms with Crippen molar-refractivity contribution in [2.45, 2.75) is 6.36 Å². The molecule has 1 aromatic rings. The molecule has 11 heteroatoms. The van der Waals surface area contributed by atoms with Gasteiger partial charge in [-0.1, -0.05) is 0 Å². The van der Waals surface area contributed by atoms with Crippen molar-refractivity contribution in [1.29, 1.82) is 0 Å². The van der Waals surface area contributed by atoms with Gasteiger partial charge in [-0.15, -0.1) is 13.2 Å². The highest BCUT2D eigenvalue weighted by Crippen LogP contribution is 2.34. The van der Waals surface area contributed by atoms with Gasteiger partial charge in [0.1, 0.15) is 0 Å². The van der Waals surface area contributed by atoms with E-state index in [0.29, 0.717) is 6.07 Å². The quantitative estimate of drug-likeness (QED) is 0.659. The molecule has 0 spiro atoms. The maximum atomic E-state index is 12.1. The van der Waals surface area contributed by atoms with Crippen LogP contribution in [0.2, 0.25) is 0 Å². The fourth-order valence-electron chi connectivity index (χ4n) is 1.11. The Morgan fingerprint density at radius 1 is 1.53 bits per heavy atom. The van der Waals surface area contributed by atoms with E-state index in [1.54, 1.807) is 0 Å². The maximum absolute atomic E-state index is 12.1. The van der Waals surface area contributed by atoms with E-state index in [1.807, 2.05) is 0 Å². The molecule has 8 nitrogen and oxygen atoms in total. The Morgan fingerprint density at radius 3 is 2.47 bits per heavy atom. The molecule has 0 saturated carbocycles. The van der Waals surface area contributed by atoms with Crippen molar-refractivity contribution < 1.29 is 37.5 Å². The Labute approximate surface area is 102 Å². The second-order valence-corrected chi connectivity index (χ2v) is 2.98. The standard InChI is InChI=1S/C8H5F3N2O6/c1-18-6-4(19-8(9,10)11)2-3(7(14)15)5(12-6)13(16)17/h2H,1H3,(H,14,15). The van der Waals surface area contributed by atoms with E-state index in [-0.39, 0.29) is 0 Å². The molecule has 0 unspecified atom stereocenters. The SMILES string of the molecule is COc1nc([N+](=O)[O-])c(C(=O)O)cc1OC(F)(F)F. The molecule has 0 atom stereocenters. The number of carbonyl (C=O) groups is 1. The van der Waals surface area contributed by atoms with Crippen LogP contribution in [0.5, 0.6) is 11.6 Å². The summed E-state index contributed by atoms with van der Waals surface area (Å²) in [5, 5.41) is 19.2. The minimum absolute atomic E-state index is 0.319. The predicted molar refractivity (Wildman–Crippen MR) is 51.1 cm³/mol. The third kappa shape index (κ3) is 3.43. The van der Waals surface area contributed by atoms with Crippen LogP contribution in [0.25, 0.3) is 0 Å². The topological polar surface area (TPSA) is 112 Å². The van der Waals surface area contributed by atoms with E-state index >= 15 is 0 Å². The van der Waals surface area contributed by atoms with Crippen molar-refractivity contribution in [3.8, 4) is 11.6 Å². The van der Waals surface area contributed by atoms with Crippen LogP contribution < -0.4 is 9.47 Å². The third-order valence-electron chi connectivity index (χ3n) is 1.76. The van der Waals surface area contributed by atoms with Crippen molar-refractivity contribution in [3.63, 3.8) is 0 Å². The molecule has 19 heavy (non-hydrogen) atoms. The summed E-state index contributed by atoms with van der Waals surface area (Å²) in [4.78, 5) is 23.2. The normalized spacial score (nSPS) is 10.9. The van der Waals surface area contributed by atoms with Crippen molar-refractivity contribution in [2.75, 3.05) is 7.11 Å². The molecule has 0 fully saturated rings. The lowest BCUT2D eigenvalue weighted by Gasteiger charge is -2.10. The minimum atomic E-state index is -5.12. The van der Waals surface area contributed by atoms with Crippen molar-refractivity contribution in [1.82, 2.24) is 4.98 Å². The number of carboxylic acid groups (broad SMARTS) is 1. The van der Waals surface area contributed by atoms with E-state index < -0.39 is 40.3 Å². The molecule has 0 aliphatic rings. The number of nitrogens with zero attached hydrogens (tertiary/aromatic N) is 2. The number of carboxylic acids is 1. The van der Waals surface area contributed by atoms with Crippen LogP contribution in [0, 0.1) is 10.1 Å². The fourth-order valence-corrected chi connectivity index (χ4v) is 1.11. The van der Waals surface area contributed by atoms with Gasteiger partial charge in [0.15, 0.2) is 5.56 Å². The molecular formula is C8H5F3N2O6. The zero-order valence-corrected chi connectivity index (χ0v) is 9.09. The van der Waals surface area contributed by atoms with Gasteiger partial charge in [-0.3, -0.25) is 0 Å². The number of rotatable bonds is 4. The summed E-state index contributed by atoms with van der Waals surface area (Å²) in [5.74, 6) is -4.92. The molecule has 0 saturated heterocycles. The molecule has 0 amide bonds. The van der Waals surface area contributed by atoms with Gasteiger partial charge >= 0.3 is 24.0 Å². The average molecular weight is 282 g/mol. The van der Waals surface area contributed by atoms with Crippen molar-refractivity contribution >= 4 is 11.8 Å². The molecule has 0 radical (unpaired) electrons. The molecule has 1 aromatic heterocycles. The number of methoxy groups -OCH3 is 1. The van der Waals surface area contributed by atoms with Crippen LogP contribution in [0.3, 0.4) is 0 Å². The first-order chi connectivity index (χ1) is 8.65. The Bertz CT molecular complexity index is 530. The highest BCUT2D eigenvalue weighted by atomic mass is 19.4. The molecule has 0 aromatic carbocycles. The van der Waals surface area contributed by atoms with E-state index in [0.717, 1.165) is 7.11 Å². The summed E-state index contributed by atoms with van der Waals surface area (Å²) in [6, 6.07) is 0.319. The Hall–Kier alpha value is -2.59. The van der Waals surface area contributed by atoms with Gasteiger partial charge < -0.3 is 24.7 Å². The second kappa shape index (κ2) is 4.96. The summed E-state index contributed by atoms with van der Waals surface area (Å²) < 4.78 is 44.0. The first-order valence-corrected chi connectivity index (χ1v) is 4.38. The number of pyridine rings is 1. The van der Waals surface area contributed by atoms with Gasteiger partial charge in [0.25, 0.3) is 0 Å². The summed E-state index contributed by atoms with van der Waals surface area (Å²) in [6.45, 7) is 0. The smallest absolute Gasteiger partial charge is 0.477 e. The van der Waals surface area contributed by atoms with Gasteiger partial charge in [0.05, 0.1) is 7.11 Å². The molecular weight excluding hydrogens is 277 g/mol. The van der Waals surface area contributed by atoms with Crippen molar-refractivity contribution in [2.24, 2.45) is 0 Å². The van der Waals surface area contributed by atoms with Crippen LogP contribution in [0.4, 0.5) is 19.0 Å². The van der Waals surface area contributed by atoms with E-state index in [4.69, 9.17) is 5.11 Å². The zero-order chi connectivity index (χ0) is 14.8. The second-order valence-electron chi connectivity index (χ2n) is 2.98. The fraction of sp³-hybridized carbons (Fsp3) is 0.250. The Morgan fingerprint density at radius 2 is 2.11 bits per heavy atom. The number of aromatic nitrogens is 1. The number of alkyl halides is 3. The lowest BCUT2D eigenvalue weighted by Crippen LogP contribution is -2.19. The molecule has 1 heterocycles. The molecule has 1 N–H and O–H groups in total. The highest BCUT2D eigenvalue weighted by molar-refractivity contribution is 5.92. The Kier molecular flexibility index (Phi) is 3.77. The largest absolute Gasteiger partial charge is 0.573 e. The number of nitro groups is 1. The molecule has 1 rings (SSSR count). The predicted octanol–water partition coefficient (Wildman–Crippen LogP) is 1.60. The van der Waals surface area contributed by atoms with Crippen LogP contribution in [-0.4, -0.2) is 34.5 Å². The van der Waals surface area contributed by atoms with Gasteiger partial charge in [-0.25, -0.2) is 4.79 Å². The first-order valence-electron chi connectivity index (χ1n) is 4.38. The van der Waals surface area contributed by atoms with Crippen LogP contribution in [0.15, 0.2) is 6.07 Å². The van der Waals surface area contributed by atoms with Gasteiger partial charge in [0.2, 0.25) is 5.75 Å². The van der Waals surface area contributed by atoms with Gasteiger partial charge in [0, 0.05) is 11.1 Å². The number of ether oxygens (including phenoxy) is 2. The molecule has 0 aliphatic carbocycles. The summed E-state index contributed by atoms with van der Waals surface area (Å²) >= 11 is 0. The number of hydrogen-bond donors (Lipinski definition) is 1. The van der Waals surface area contributed by atoms with Crippen LogP contribution in [0.1, 0.15) is 10.4 Å². The molecule has 0 aliphatic heterocycles. The van der Waals surface area contributed by atoms with E-state index in [9.17, 15) is 28.1 Å². The Balaban J connectivity index is 3.44. The van der Waals surface area contributed by atoms with E-state index in [1.165, 1.54) is 0 Å². The maximum Gasteiger partial charge on any atom is 0.573 e. The molecule has 104 valence electrons.